The number of fused-ring (bicyclic) bond motifs is 1. The normalized spacial score (nSPS) is 17.6. The Hall–Kier alpha value is -2.05. The molecule has 194 valence electrons. The summed E-state index contributed by atoms with van der Waals surface area (Å²) in [7, 11) is -6.80. The third kappa shape index (κ3) is 7.47. The van der Waals surface area contributed by atoms with Crippen LogP contribution in [0.2, 0.25) is 0 Å². The molecule has 2 N–H and O–H groups in total. The van der Waals surface area contributed by atoms with Gasteiger partial charge in [0.05, 0.1) is 13.2 Å². The molecule has 0 radical (unpaired) electrons. The van der Waals surface area contributed by atoms with Gasteiger partial charge in [-0.1, -0.05) is 6.92 Å². The van der Waals surface area contributed by atoms with Crippen molar-refractivity contribution < 1.29 is 41.0 Å². The molecular formula is C17H28N4O10S3. The molecule has 0 spiro atoms. The smallest absolute Gasteiger partial charge is 0.421 e. The molecule has 1 atom stereocenters. The number of sulfonamides is 2. The number of carbonyl (C=O) groups excluding carboxylic acids is 1. The van der Waals surface area contributed by atoms with Gasteiger partial charge in [0, 0.05) is 38.4 Å². The van der Waals surface area contributed by atoms with Crippen LogP contribution in [0.3, 0.4) is 0 Å². The minimum atomic E-state index is -4.39. The Labute approximate surface area is 201 Å². The third-order valence-corrected chi connectivity index (χ3v) is 10.0. The predicted octanol–water partition coefficient (Wildman–Crippen LogP) is 0.843. The number of nitrogens with one attached hydrogen (secondary N) is 2. The Bertz CT molecular complexity index is 1060. The van der Waals surface area contributed by atoms with Crippen LogP contribution < -0.4 is 10.0 Å². The van der Waals surface area contributed by atoms with E-state index in [1.807, 2.05) is 6.92 Å². The van der Waals surface area contributed by atoms with Gasteiger partial charge in [0.15, 0.2) is 0 Å². The maximum atomic E-state index is 13.1. The lowest BCUT2D eigenvalue weighted by molar-refractivity contribution is -0.757. The second-order valence-electron chi connectivity index (χ2n) is 7.13. The molecule has 1 aromatic heterocycles. The Morgan fingerprint density at radius 1 is 1.29 bits per heavy atom. The van der Waals surface area contributed by atoms with Gasteiger partial charge >= 0.3 is 6.09 Å². The van der Waals surface area contributed by atoms with E-state index in [4.69, 9.17) is 9.47 Å². The Kier molecular flexibility index (Phi) is 10.4. The maximum Gasteiger partial charge on any atom is 0.421 e. The molecule has 0 aliphatic carbocycles. The van der Waals surface area contributed by atoms with Crippen LogP contribution in [0.1, 0.15) is 37.8 Å². The molecule has 2 heterocycles. The summed E-state index contributed by atoms with van der Waals surface area (Å²) in [5.41, 5.74) is 0.328. The van der Waals surface area contributed by atoms with E-state index < -0.39 is 37.3 Å². The van der Waals surface area contributed by atoms with Crippen molar-refractivity contribution in [2.45, 2.75) is 40.6 Å². The van der Waals surface area contributed by atoms with E-state index in [9.17, 15) is 31.7 Å². The predicted molar refractivity (Wildman–Crippen MR) is 120 cm³/mol. The van der Waals surface area contributed by atoms with Crippen molar-refractivity contribution in [2.75, 3.05) is 46.6 Å². The molecule has 0 saturated carbocycles. The highest BCUT2D eigenvalue weighted by Gasteiger charge is 2.40. The quantitative estimate of drug-likeness (QED) is 0.192. The zero-order valence-electron chi connectivity index (χ0n) is 18.7. The van der Waals surface area contributed by atoms with E-state index in [0.717, 1.165) is 0 Å². The van der Waals surface area contributed by atoms with Gasteiger partial charge in [-0.15, -0.1) is 21.5 Å². The Balaban J connectivity index is 2.11. The number of ether oxygens (including phenoxy) is 2. The molecule has 1 aromatic rings. The summed E-state index contributed by atoms with van der Waals surface area (Å²) in [6.45, 7) is 2.75. The highest BCUT2D eigenvalue weighted by molar-refractivity contribution is 7.94. The summed E-state index contributed by atoms with van der Waals surface area (Å²) in [5, 5.41) is 12.3. The fourth-order valence-corrected chi connectivity index (χ4v) is 7.95. The molecule has 34 heavy (non-hydrogen) atoms. The molecule has 0 fully saturated rings. The average molecular weight is 545 g/mol. The van der Waals surface area contributed by atoms with Crippen LogP contribution in [0.25, 0.3) is 0 Å². The van der Waals surface area contributed by atoms with Gasteiger partial charge < -0.3 is 19.6 Å². The van der Waals surface area contributed by atoms with Crippen molar-refractivity contribution in [3.8, 4) is 0 Å². The largest absolute Gasteiger partial charge is 0.449 e. The highest BCUT2D eigenvalue weighted by atomic mass is 32.3. The van der Waals surface area contributed by atoms with Gasteiger partial charge in [-0.3, -0.25) is 0 Å². The van der Waals surface area contributed by atoms with E-state index in [2.05, 4.69) is 10.2 Å². The second-order valence-corrected chi connectivity index (χ2v) is 12.2. The Morgan fingerprint density at radius 3 is 2.65 bits per heavy atom. The van der Waals surface area contributed by atoms with E-state index in [0.29, 0.717) is 36.5 Å². The van der Waals surface area contributed by atoms with Crippen LogP contribution >= 0.6 is 11.3 Å². The van der Waals surface area contributed by atoms with Crippen LogP contribution in [-0.4, -0.2) is 78.9 Å². The lowest BCUT2D eigenvalue weighted by atomic mass is 10.1. The van der Waals surface area contributed by atoms with Crippen molar-refractivity contribution in [1.82, 2.24) is 14.3 Å². The molecule has 1 amide bonds. The van der Waals surface area contributed by atoms with E-state index in [-0.39, 0.29) is 47.6 Å². The number of hydrogen-bond acceptors (Lipinski definition) is 12. The summed E-state index contributed by atoms with van der Waals surface area (Å²) < 4.78 is 64.0. The van der Waals surface area contributed by atoms with E-state index in [1.165, 1.54) is 17.5 Å². The van der Waals surface area contributed by atoms with Gasteiger partial charge in [0.25, 0.3) is 25.1 Å². The van der Waals surface area contributed by atoms with Crippen LogP contribution in [0.15, 0.2) is 14.5 Å². The minimum Gasteiger partial charge on any atom is -0.449 e. The highest BCUT2D eigenvalue weighted by Crippen LogP contribution is 2.40. The van der Waals surface area contributed by atoms with Gasteiger partial charge in [-0.05, 0) is 31.9 Å². The lowest BCUT2D eigenvalue weighted by Crippen LogP contribution is -2.43. The van der Waals surface area contributed by atoms with Gasteiger partial charge in [-0.2, -0.15) is 4.31 Å². The van der Waals surface area contributed by atoms with E-state index in [1.54, 1.807) is 4.72 Å². The fourth-order valence-electron chi connectivity index (χ4n) is 3.18. The molecular weight excluding hydrogens is 516 g/mol. The topological polar surface area (TPSA) is 183 Å². The summed E-state index contributed by atoms with van der Waals surface area (Å²) in [4.78, 5) is 26.1. The SMILES string of the molecule is CCN[C@H]1CN(CCCOC)S(=O)(=O)c2sc(S(=O)(=O)NC(=O)OCCCCO[N+](=O)[O-])cc21. The second kappa shape index (κ2) is 12.6. The number of carbonyl (C=O) groups is 1. The first-order valence-electron chi connectivity index (χ1n) is 10.4. The molecule has 14 nitrogen and oxygen atoms in total. The standard InChI is InChI=1S/C17H28N4O10S3/c1-3-18-14-12-20(7-6-8-29-2)34(27,28)16-13(14)11-15(32-16)33(25,26)19-17(22)30-9-4-5-10-31-21(23)24/h11,14,18H,3-10,12H2,1-2H3,(H,19,22)/t14-/m0/s1. The van der Waals surface area contributed by atoms with Crippen molar-refractivity contribution >= 4 is 37.5 Å². The van der Waals surface area contributed by atoms with Gasteiger partial charge in [0.2, 0.25) is 0 Å². The number of unbranched alkanes of at least 4 members (excludes halogenated alkanes) is 1. The fraction of sp³-hybridized carbons (Fsp3) is 0.706. The van der Waals surface area contributed by atoms with Gasteiger partial charge in [0.1, 0.15) is 8.42 Å². The summed E-state index contributed by atoms with van der Waals surface area (Å²) in [5.74, 6) is 0. The number of amides is 1. The summed E-state index contributed by atoms with van der Waals surface area (Å²) >= 11 is 0.562. The van der Waals surface area contributed by atoms with Crippen LogP contribution in [0.5, 0.6) is 0 Å². The summed E-state index contributed by atoms with van der Waals surface area (Å²) in [6, 6.07) is 0.835. The minimum absolute atomic E-state index is 0.0957. The van der Waals surface area contributed by atoms with Crippen LogP contribution in [0, 0.1) is 10.1 Å². The Morgan fingerprint density at radius 2 is 2.00 bits per heavy atom. The van der Waals surface area contributed by atoms with E-state index >= 15 is 0 Å². The molecule has 0 saturated heterocycles. The molecule has 2 rings (SSSR count). The molecule has 0 unspecified atom stereocenters. The molecule has 1 aliphatic rings. The number of hydrogen-bond donors (Lipinski definition) is 2. The first-order valence-corrected chi connectivity index (χ1v) is 14.1. The lowest BCUT2D eigenvalue weighted by Gasteiger charge is -2.32. The van der Waals surface area contributed by atoms with Gasteiger partial charge in [-0.25, -0.2) is 26.4 Å². The average Bonchev–Trinajstić information content (AvgIpc) is 3.22. The van der Waals surface area contributed by atoms with Crippen molar-refractivity contribution in [3.05, 3.63) is 21.7 Å². The molecule has 0 bridgehead atoms. The first kappa shape index (κ1) is 28.2. The summed E-state index contributed by atoms with van der Waals surface area (Å²) in [6.07, 6.45) is -0.320. The van der Waals surface area contributed by atoms with Crippen LogP contribution in [0.4, 0.5) is 4.79 Å². The number of nitrogens with zero attached hydrogens (tertiary/aromatic N) is 2. The zero-order valence-corrected chi connectivity index (χ0v) is 21.2. The number of methoxy groups -OCH3 is 1. The molecule has 0 aromatic carbocycles. The van der Waals surface area contributed by atoms with Crippen molar-refractivity contribution in [2.24, 2.45) is 0 Å². The first-order chi connectivity index (χ1) is 16.0. The molecule has 1 aliphatic heterocycles. The number of likely N-dealkylation sites (N-methyl/N-ethyl adjacent to an activating group) is 1. The number of thiophene rings is 1. The number of rotatable bonds is 14. The van der Waals surface area contributed by atoms with Crippen molar-refractivity contribution in [3.63, 3.8) is 0 Å². The monoisotopic (exact) mass is 544 g/mol. The third-order valence-electron chi connectivity index (χ3n) is 4.70. The van der Waals surface area contributed by atoms with Crippen molar-refractivity contribution in [1.29, 1.82) is 0 Å². The zero-order chi connectivity index (χ0) is 25.4. The molecule has 17 heteroatoms. The van der Waals surface area contributed by atoms with Crippen LogP contribution in [-0.2, 0) is 34.4 Å². The maximum absolute atomic E-state index is 13.1.